The van der Waals surface area contributed by atoms with E-state index in [1.807, 2.05) is 20.8 Å². The predicted octanol–water partition coefficient (Wildman–Crippen LogP) is 1.77. The van der Waals surface area contributed by atoms with Gasteiger partial charge in [0.05, 0.1) is 0 Å². The lowest BCUT2D eigenvalue weighted by atomic mass is 10.1. The number of hydrogen-bond acceptors (Lipinski definition) is 4. The van der Waals surface area contributed by atoms with Crippen molar-refractivity contribution < 1.29 is 4.92 Å². The van der Waals surface area contributed by atoms with E-state index in [1.165, 1.54) is 6.20 Å². The van der Waals surface area contributed by atoms with E-state index in [-0.39, 0.29) is 11.9 Å². The van der Waals surface area contributed by atoms with Gasteiger partial charge in [-0.05, 0) is 17.8 Å². The average Bonchev–Trinajstić information content (AvgIpc) is 2.52. The maximum Gasteiger partial charge on any atom is 0.366 e. The maximum absolute atomic E-state index is 10.5. The van der Waals surface area contributed by atoms with Crippen molar-refractivity contribution in [1.29, 1.82) is 0 Å². The van der Waals surface area contributed by atoms with Gasteiger partial charge in [-0.2, -0.15) is 0 Å². The summed E-state index contributed by atoms with van der Waals surface area (Å²) in [7, 11) is 0. The maximum atomic E-state index is 10.5. The fourth-order valence-corrected chi connectivity index (χ4v) is 0.936. The molecular weight excluding hydrogens is 184 g/mol. The molecule has 0 amide bonds. The Hall–Kier alpha value is -1.59. The van der Waals surface area contributed by atoms with Crippen LogP contribution < -0.4 is 5.32 Å². The third kappa shape index (κ3) is 2.21. The Bertz CT molecular complexity index is 321. The van der Waals surface area contributed by atoms with Crippen molar-refractivity contribution >= 4 is 11.5 Å². The second kappa shape index (κ2) is 4.08. The minimum atomic E-state index is -0.484. The number of nitrogens with one attached hydrogen (secondary N) is 2. The predicted molar refractivity (Wildman–Crippen MR) is 53.2 cm³/mol. The lowest BCUT2D eigenvalue weighted by Gasteiger charge is -2.16. The largest absolute Gasteiger partial charge is 0.374 e. The van der Waals surface area contributed by atoms with Gasteiger partial charge in [0.2, 0.25) is 0 Å². The number of hydrogen-bond donors (Lipinski definition) is 2. The van der Waals surface area contributed by atoms with E-state index in [9.17, 15) is 10.1 Å². The summed E-state index contributed by atoms with van der Waals surface area (Å²) >= 11 is 0. The lowest BCUT2D eigenvalue weighted by Crippen LogP contribution is -2.21. The Kier molecular flexibility index (Phi) is 3.06. The van der Waals surface area contributed by atoms with E-state index < -0.39 is 4.92 Å². The molecule has 0 radical (unpaired) electrons. The van der Waals surface area contributed by atoms with Crippen molar-refractivity contribution in [3.05, 3.63) is 16.3 Å². The van der Waals surface area contributed by atoms with Crippen molar-refractivity contribution in [3.63, 3.8) is 0 Å². The van der Waals surface area contributed by atoms with Crippen LogP contribution in [0.5, 0.6) is 0 Å². The van der Waals surface area contributed by atoms with Gasteiger partial charge in [-0.15, -0.1) is 5.10 Å². The van der Waals surface area contributed by atoms with Crippen LogP contribution in [0, 0.1) is 16.0 Å². The molecule has 78 valence electrons. The highest BCUT2D eigenvalue weighted by atomic mass is 16.6. The molecule has 0 fully saturated rings. The summed E-state index contributed by atoms with van der Waals surface area (Å²) in [5.41, 5.74) is 0.441. The summed E-state index contributed by atoms with van der Waals surface area (Å²) in [5.74, 6) is 0.321. The van der Waals surface area contributed by atoms with Crippen LogP contribution in [-0.2, 0) is 0 Å². The summed E-state index contributed by atoms with van der Waals surface area (Å²) in [6.07, 6.45) is 1.43. The van der Waals surface area contributed by atoms with Gasteiger partial charge >= 0.3 is 5.82 Å². The summed E-state index contributed by atoms with van der Waals surface area (Å²) in [6, 6.07) is 0.172. The molecule has 14 heavy (non-hydrogen) atoms. The highest BCUT2D eigenvalue weighted by Gasteiger charge is 2.17. The van der Waals surface area contributed by atoms with Gasteiger partial charge in [0.15, 0.2) is 5.69 Å². The number of rotatable bonds is 4. The molecule has 0 aliphatic heterocycles. The van der Waals surface area contributed by atoms with Gasteiger partial charge < -0.3 is 15.4 Å². The van der Waals surface area contributed by atoms with Gasteiger partial charge in [-0.25, -0.2) is 0 Å². The molecule has 0 aromatic carbocycles. The van der Waals surface area contributed by atoms with E-state index >= 15 is 0 Å². The molecule has 6 heteroatoms. The first-order valence-corrected chi connectivity index (χ1v) is 4.46. The molecule has 6 nitrogen and oxygen atoms in total. The van der Waals surface area contributed by atoms with E-state index in [4.69, 9.17) is 0 Å². The lowest BCUT2D eigenvalue weighted by molar-refractivity contribution is -0.388. The topological polar surface area (TPSA) is 83.8 Å². The van der Waals surface area contributed by atoms with Crippen LogP contribution in [0.3, 0.4) is 0 Å². The van der Waals surface area contributed by atoms with Crippen molar-refractivity contribution in [1.82, 2.24) is 10.2 Å². The minimum Gasteiger partial charge on any atom is -0.374 e. The van der Waals surface area contributed by atoms with Crippen LogP contribution in [0.4, 0.5) is 11.5 Å². The van der Waals surface area contributed by atoms with Crippen molar-refractivity contribution in [2.24, 2.45) is 5.92 Å². The second-order valence-electron chi connectivity index (χ2n) is 3.57. The van der Waals surface area contributed by atoms with Crippen LogP contribution in [0.25, 0.3) is 0 Å². The van der Waals surface area contributed by atoms with Crippen molar-refractivity contribution in [2.45, 2.75) is 26.8 Å². The number of anilines is 1. The van der Waals surface area contributed by atoms with Gasteiger partial charge in [0.1, 0.15) is 6.20 Å². The summed E-state index contributed by atoms with van der Waals surface area (Å²) in [6.45, 7) is 6.06. The molecule has 0 saturated heterocycles. The number of H-pyrrole nitrogens is 1. The van der Waals surface area contributed by atoms with Crippen LogP contribution >= 0.6 is 0 Å². The zero-order valence-corrected chi connectivity index (χ0v) is 8.44. The first-order valence-electron chi connectivity index (χ1n) is 4.46. The van der Waals surface area contributed by atoms with E-state index in [2.05, 4.69) is 15.5 Å². The first kappa shape index (κ1) is 10.5. The molecule has 1 rings (SSSR count). The summed E-state index contributed by atoms with van der Waals surface area (Å²) < 4.78 is 0. The van der Waals surface area contributed by atoms with Gasteiger partial charge in [0, 0.05) is 6.04 Å². The Morgan fingerprint density at radius 3 is 2.71 bits per heavy atom. The molecule has 0 aliphatic rings. The van der Waals surface area contributed by atoms with E-state index in [0.29, 0.717) is 11.6 Å². The zero-order valence-electron chi connectivity index (χ0n) is 8.44. The Balaban J connectivity index is 2.76. The van der Waals surface area contributed by atoms with Crippen molar-refractivity contribution in [2.75, 3.05) is 5.32 Å². The first-order chi connectivity index (χ1) is 6.52. The molecule has 2 N–H and O–H groups in total. The Morgan fingerprint density at radius 1 is 1.57 bits per heavy atom. The number of aromatic amines is 1. The van der Waals surface area contributed by atoms with E-state index in [1.54, 1.807) is 0 Å². The SMILES string of the molecule is CC(C)C(C)Nc1cn[nH]c1[N+](=O)[O-]. The van der Waals surface area contributed by atoms with Crippen LogP contribution in [0.1, 0.15) is 20.8 Å². The van der Waals surface area contributed by atoms with Crippen LogP contribution in [0.15, 0.2) is 6.20 Å². The number of nitrogens with zero attached hydrogens (tertiary/aromatic N) is 2. The third-order valence-corrected chi connectivity index (χ3v) is 2.18. The molecule has 1 heterocycles. The number of aromatic nitrogens is 2. The fraction of sp³-hybridized carbons (Fsp3) is 0.625. The normalized spacial score (nSPS) is 12.9. The molecule has 0 saturated carbocycles. The second-order valence-corrected chi connectivity index (χ2v) is 3.57. The molecule has 0 bridgehead atoms. The summed E-state index contributed by atoms with van der Waals surface area (Å²) in [5, 5.41) is 19.5. The molecule has 1 aromatic heterocycles. The van der Waals surface area contributed by atoms with Gasteiger partial charge in [0.25, 0.3) is 0 Å². The quantitative estimate of drug-likeness (QED) is 0.570. The van der Waals surface area contributed by atoms with Crippen molar-refractivity contribution in [3.8, 4) is 0 Å². The standard InChI is InChI=1S/C8H14N4O2/c1-5(2)6(3)10-7-4-9-11-8(7)12(13)14/h4-6,10H,1-3H3,(H,9,11). The highest BCUT2D eigenvalue weighted by molar-refractivity contribution is 5.55. The molecule has 1 aromatic rings. The average molecular weight is 198 g/mol. The molecule has 1 unspecified atom stereocenters. The highest BCUT2D eigenvalue weighted by Crippen LogP contribution is 2.21. The van der Waals surface area contributed by atoms with Crippen LogP contribution in [-0.4, -0.2) is 21.2 Å². The van der Waals surface area contributed by atoms with Gasteiger partial charge in [-0.1, -0.05) is 18.9 Å². The molecular formula is C8H14N4O2. The third-order valence-electron chi connectivity index (χ3n) is 2.18. The Labute approximate surface area is 81.9 Å². The van der Waals surface area contributed by atoms with Crippen LogP contribution in [0.2, 0.25) is 0 Å². The molecule has 0 aliphatic carbocycles. The smallest absolute Gasteiger partial charge is 0.366 e. The van der Waals surface area contributed by atoms with Gasteiger partial charge in [-0.3, -0.25) is 0 Å². The molecule has 1 atom stereocenters. The number of nitro groups is 1. The Morgan fingerprint density at radius 2 is 2.21 bits per heavy atom. The fourth-order valence-electron chi connectivity index (χ4n) is 0.936. The monoisotopic (exact) mass is 198 g/mol. The minimum absolute atomic E-state index is 0.0856. The zero-order chi connectivity index (χ0) is 10.7. The van der Waals surface area contributed by atoms with E-state index in [0.717, 1.165) is 0 Å². The summed E-state index contributed by atoms with van der Waals surface area (Å²) in [4.78, 5) is 10.0. The molecule has 0 spiro atoms.